The number of ether oxygens (including phenoxy) is 2. The minimum Gasteiger partial charge on any atom is -0.495 e. The minimum atomic E-state index is -0.509. The SMILES string of the molecule is COc1cc(NC(=O)/C=C/c2ccccc2[N+](=O)[O-])c(OC)cc1Cl. The van der Waals surface area contributed by atoms with Gasteiger partial charge in [0.05, 0.1) is 35.4 Å². The predicted octanol–water partition coefficient (Wildman–Crippen LogP) is 3.92. The third-order valence-electron chi connectivity index (χ3n) is 3.28. The second-order valence-electron chi connectivity index (χ2n) is 4.83. The molecule has 0 aliphatic heterocycles. The van der Waals surface area contributed by atoms with Crippen LogP contribution in [0.25, 0.3) is 6.08 Å². The van der Waals surface area contributed by atoms with Gasteiger partial charge in [0, 0.05) is 24.3 Å². The van der Waals surface area contributed by atoms with Crippen molar-refractivity contribution in [1.82, 2.24) is 0 Å². The van der Waals surface area contributed by atoms with E-state index in [9.17, 15) is 14.9 Å². The van der Waals surface area contributed by atoms with Crippen molar-refractivity contribution in [2.45, 2.75) is 0 Å². The molecule has 1 amide bonds. The number of para-hydroxylation sites is 1. The van der Waals surface area contributed by atoms with Gasteiger partial charge in [-0.2, -0.15) is 0 Å². The number of nitrogens with one attached hydrogen (secondary N) is 1. The zero-order valence-electron chi connectivity index (χ0n) is 13.5. The van der Waals surface area contributed by atoms with E-state index in [0.29, 0.717) is 27.8 Å². The number of methoxy groups -OCH3 is 2. The van der Waals surface area contributed by atoms with Crippen LogP contribution in [0, 0.1) is 10.1 Å². The molecule has 0 aliphatic rings. The summed E-state index contributed by atoms with van der Waals surface area (Å²) in [5.74, 6) is 0.250. The Bertz CT molecular complexity index is 836. The first-order valence-electron chi connectivity index (χ1n) is 7.10. The molecule has 0 saturated carbocycles. The molecule has 0 atom stereocenters. The fourth-order valence-corrected chi connectivity index (χ4v) is 2.32. The summed E-state index contributed by atoms with van der Waals surface area (Å²) in [5, 5.41) is 13.9. The second-order valence-corrected chi connectivity index (χ2v) is 5.23. The van der Waals surface area contributed by atoms with E-state index < -0.39 is 10.8 Å². The van der Waals surface area contributed by atoms with Gasteiger partial charge < -0.3 is 14.8 Å². The normalized spacial score (nSPS) is 10.5. The number of anilines is 1. The Hall–Kier alpha value is -3.06. The largest absolute Gasteiger partial charge is 0.495 e. The molecular weight excluding hydrogens is 348 g/mol. The lowest BCUT2D eigenvalue weighted by Crippen LogP contribution is -2.09. The maximum Gasteiger partial charge on any atom is 0.276 e. The van der Waals surface area contributed by atoms with Gasteiger partial charge in [-0.05, 0) is 12.1 Å². The van der Waals surface area contributed by atoms with Crippen molar-refractivity contribution < 1.29 is 19.2 Å². The standard InChI is InChI=1S/C17H15ClN2O5/c1-24-15-10-13(16(25-2)9-12(15)18)19-17(21)8-7-11-5-3-4-6-14(11)20(22)23/h3-10H,1-2H3,(H,19,21)/b8-7+. The van der Waals surface area contributed by atoms with Gasteiger partial charge in [0.15, 0.2) is 0 Å². The lowest BCUT2D eigenvalue weighted by Gasteiger charge is -2.12. The molecule has 0 bridgehead atoms. The molecule has 7 nitrogen and oxygen atoms in total. The first-order valence-corrected chi connectivity index (χ1v) is 7.48. The average Bonchev–Trinajstić information content (AvgIpc) is 2.61. The van der Waals surface area contributed by atoms with Crippen LogP contribution in [0.1, 0.15) is 5.56 Å². The molecule has 0 saturated heterocycles. The molecule has 0 aromatic heterocycles. The summed E-state index contributed by atoms with van der Waals surface area (Å²) in [6.45, 7) is 0. The van der Waals surface area contributed by atoms with Gasteiger partial charge in [-0.25, -0.2) is 0 Å². The van der Waals surface area contributed by atoms with Crippen molar-refractivity contribution >= 4 is 35.0 Å². The van der Waals surface area contributed by atoms with Crippen molar-refractivity contribution in [3.8, 4) is 11.5 Å². The molecule has 2 aromatic rings. The Morgan fingerprint density at radius 1 is 1.20 bits per heavy atom. The first-order chi connectivity index (χ1) is 12.0. The summed E-state index contributed by atoms with van der Waals surface area (Å²) < 4.78 is 10.3. The molecule has 0 spiro atoms. The lowest BCUT2D eigenvalue weighted by atomic mass is 10.1. The molecule has 0 heterocycles. The highest BCUT2D eigenvalue weighted by Gasteiger charge is 2.13. The summed E-state index contributed by atoms with van der Waals surface area (Å²) in [6, 6.07) is 9.16. The van der Waals surface area contributed by atoms with E-state index in [2.05, 4.69) is 5.32 Å². The van der Waals surface area contributed by atoms with E-state index in [1.54, 1.807) is 18.2 Å². The number of nitro benzene ring substituents is 1. The molecule has 130 valence electrons. The number of benzene rings is 2. The highest BCUT2D eigenvalue weighted by atomic mass is 35.5. The molecule has 2 rings (SSSR count). The summed E-state index contributed by atoms with van der Waals surface area (Å²) >= 11 is 6.01. The van der Waals surface area contributed by atoms with Crippen LogP contribution < -0.4 is 14.8 Å². The zero-order chi connectivity index (χ0) is 18.4. The quantitative estimate of drug-likeness (QED) is 0.478. The highest BCUT2D eigenvalue weighted by Crippen LogP contribution is 2.35. The van der Waals surface area contributed by atoms with Crippen molar-refractivity contribution in [2.75, 3.05) is 19.5 Å². The lowest BCUT2D eigenvalue weighted by molar-refractivity contribution is -0.385. The van der Waals surface area contributed by atoms with Crippen molar-refractivity contribution in [1.29, 1.82) is 0 Å². The van der Waals surface area contributed by atoms with Gasteiger partial charge in [-0.1, -0.05) is 23.7 Å². The molecule has 0 fully saturated rings. The molecule has 2 aromatic carbocycles. The van der Waals surface area contributed by atoms with Gasteiger partial charge in [0.2, 0.25) is 5.91 Å². The van der Waals surface area contributed by atoms with Gasteiger partial charge in [0.1, 0.15) is 11.5 Å². The molecule has 0 aliphatic carbocycles. The summed E-state index contributed by atoms with van der Waals surface area (Å²) in [6.07, 6.45) is 2.57. The summed E-state index contributed by atoms with van der Waals surface area (Å²) in [7, 11) is 2.89. The van der Waals surface area contributed by atoms with E-state index in [1.807, 2.05) is 0 Å². The van der Waals surface area contributed by atoms with Crippen LogP contribution in [-0.4, -0.2) is 25.1 Å². The molecule has 0 radical (unpaired) electrons. The van der Waals surface area contributed by atoms with Crippen LogP contribution in [-0.2, 0) is 4.79 Å². The Kier molecular flexibility index (Phi) is 5.97. The van der Waals surface area contributed by atoms with Gasteiger partial charge in [-0.15, -0.1) is 0 Å². The molecule has 8 heteroatoms. The van der Waals surface area contributed by atoms with Gasteiger partial charge >= 0.3 is 0 Å². The number of rotatable bonds is 6. The van der Waals surface area contributed by atoms with Gasteiger partial charge in [-0.3, -0.25) is 14.9 Å². The Morgan fingerprint density at radius 3 is 2.52 bits per heavy atom. The number of nitrogens with zero attached hydrogens (tertiary/aromatic N) is 1. The topological polar surface area (TPSA) is 90.7 Å². The number of amides is 1. The second kappa shape index (κ2) is 8.16. The minimum absolute atomic E-state index is 0.0858. The summed E-state index contributed by atoms with van der Waals surface area (Å²) in [4.78, 5) is 22.6. The predicted molar refractivity (Wildman–Crippen MR) is 95.3 cm³/mol. The Labute approximate surface area is 149 Å². The van der Waals surface area contributed by atoms with Crippen molar-refractivity contribution in [2.24, 2.45) is 0 Å². The Balaban J connectivity index is 2.22. The molecule has 1 N–H and O–H groups in total. The van der Waals surface area contributed by atoms with E-state index in [4.69, 9.17) is 21.1 Å². The molecule has 0 unspecified atom stereocenters. The van der Waals surface area contributed by atoms with Crippen LogP contribution in [0.15, 0.2) is 42.5 Å². The number of hydrogen-bond donors (Lipinski definition) is 1. The van der Waals surface area contributed by atoms with Crippen LogP contribution >= 0.6 is 11.6 Å². The fraction of sp³-hybridized carbons (Fsp3) is 0.118. The van der Waals surface area contributed by atoms with Crippen LogP contribution in [0.5, 0.6) is 11.5 Å². The zero-order valence-corrected chi connectivity index (χ0v) is 14.2. The van der Waals surface area contributed by atoms with E-state index in [-0.39, 0.29) is 5.69 Å². The number of carbonyl (C=O) groups is 1. The Morgan fingerprint density at radius 2 is 1.88 bits per heavy atom. The van der Waals surface area contributed by atoms with Crippen molar-refractivity contribution in [3.05, 3.63) is 63.2 Å². The summed E-state index contributed by atoms with van der Waals surface area (Å²) in [5.41, 5.74) is 0.599. The first kappa shape index (κ1) is 18.3. The number of halogens is 1. The van der Waals surface area contributed by atoms with Gasteiger partial charge in [0.25, 0.3) is 5.69 Å². The smallest absolute Gasteiger partial charge is 0.276 e. The third kappa shape index (κ3) is 4.48. The third-order valence-corrected chi connectivity index (χ3v) is 3.57. The number of carbonyl (C=O) groups excluding carboxylic acids is 1. The van der Waals surface area contributed by atoms with E-state index in [0.717, 1.165) is 0 Å². The highest BCUT2D eigenvalue weighted by molar-refractivity contribution is 6.32. The van der Waals surface area contributed by atoms with E-state index in [1.165, 1.54) is 44.6 Å². The van der Waals surface area contributed by atoms with Crippen molar-refractivity contribution in [3.63, 3.8) is 0 Å². The maximum absolute atomic E-state index is 12.1. The number of nitro groups is 1. The maximum atomic E-state index is 12.1. The molecule has 25 heavy (non-hydrogen) atoms. The van der Waals surface area contributed by atoms with Crippen LogP contribution in [0.2, 0.25) is 5.02 Å². The molecular formula is C17H15ClN2O5. The average molecular weight is 363 g/mol. The van der Waals surface area contributed by atoms with E-state index >= 15 is 0 Å². The van der Waals surface area contributed by atoms with Crippen LogP contribution in [0.3, 0.4) is 0 Å². The number of hydrogen-bond acceptors (Lipinski definition) is 5. The fourth-order valence-electron chi connectivity index (χ4n) is 2.09. The monoisotopic (exact) mass is 362 g/mol. The van der Waals surface area contributed by atoms with Crippen LogP contribution in [0.4, 0.5) is 11.4 Å².